The Balaban J connectivity index is 1.97. The highest BCUT2D eigenvalue weighted by Gasteiger charge is 2.08. The molecule has 96 valence electrons. The molecule has 0 aliphatic rings. The Kier molecular flexibility index (Phi) is 3.13. The Morgan fingerprint density at radius 1 is 1.32 bits per heavy atom. The normalized spacial score (nSPS) is 10.8. The van der Waals surface area contributed by atoms with E-state index in [2.05, 4.69) is 20.9 Å². The van der Waals surface area contributed by atoms with E-state index in [0.717, 1.165) is 21.1 Å². The number of nitrogens with two attached hydrogens (primary N) is 1. The molecule has 0 saturated carbocycles. The zero-order chi connectivity index (χ0) is 13.2. The highest BCUT2D eigenvalue weighted by molar-refractivity contribution is 9.10. The van der Waals surface area contributed by atoms with Crippen LogP contribution >= 0.6 is 15.9 Å². The van der Waals surface area contributed by atoms with Crippen LogP contribution in [0.5, 0.6) is 5.75 Å². The van der Waals surface area contributed by atoms with Crippen molar-refractivity contribution in [2.75, 3.05) is 5.73 Å². The molecule has 2 heterocycles. The van der Waals surface area contributed by atoms with E-state index >= 15 is 0 Å². The Hall–Kier alpha value is -2.01. The topological polar surface area (TPSA) is 61.3 Å². The van der Waals surface area contributed by atoms with Crippen LogP contribution in [0.2, 0.25) is 0 Å². The van der Waals surface area contributed by atoms with E-state index in [1.165, 1.54) is 0 Å². The zero-order valence-corrected chi connectivity index (χ0v) is 11.6. The maximum absolute atomic E-state index is 5.95. The number of rotatable bonds is 3. The fourth-order valence-electron chi connectivity index (χ4n) is 1.85. The van der Waals surface area contributed by atoms with Gasteiger partial charge in [0.1, 0.15) is 23.6 Å². The van der Waals surface area contributed by atoms with E-state index in [9.17, 15) is 0 Å². The average Bonchev–Trinajstić information content (AvgIpc) is 2.92. The van der Waals surface area contributed by atoms with E-state index in [1.54, 1.807) is 12.5 Å². The number of hydrogen-bond acceptors (Lipinski definition) is 4. The average molecular weight is 319 g/mol. The van der Waals surface area contributed by atoms with Gasteiger partial charge in [0.2, 0.25) is 0 Å². The van der Waals surface area contributed by atoms with Gasteiger partial charge in [0, 0.05) is 21.7 Å². The molecule has 0 aliphatic carbocycles. The number of furan rings is 1. The highest BCUT2D eigenvalue weighted by Crippen LogP contribution is 2.30. The standard InChI is InChI=1S/C14H11BrN2O2/c15-9-6-11-12(16)3-4-13(14(11)17-7-9)19-8-10-2-1-5-18-10/h1-7H,8,16H2. The summed E-state index contributed by atoms with van der Waals surface area (Å²) in [6.45, 7) is 0.365. The molecule has 0 aliphatic heterocycles. The molecule has 0 radical (unpaired) electrons. The number of pyridine rings is 1. The SMILES string of the molecule is Nc1ccc(OCc2ccco2)c2ncc(Br)cc12. The molecular weight excluding hydrogens is 308 g/mol. The third kappa shape index (κ3) is 2.42. The molecule has 2 N–H and O–H groups in total. The summed E-state index contributed by atoms with van der Waals surface area (Å²) in [5.74, 6) is 1.45. The minimum absolute atomic E-state index is 0.365. The van der Waals surface area contributed by atoms with Crippen LogP contribution in [0.1, 0.15) is 5.76 Å². The van der Waals surface area contributed by atoms with Gasteiger partial charge in [0.15, 0.2) is 0 Å². The minimum Gasteiger partial charge on any atom is -0.483 e. The molecule has 5 heteroatoms. The predicted molar refractivity (Wildman–Crippen MR) is 76.9 cm³/mol. The quantitative estimate of drug-likeness (QED) is 0.747. The number of anilines is 1. The van der Waals surface area contributed by atoms with Gasteiger partial charge >= 0.3 is 0 Å². The third-order valence-electron chi connectivity index (χ3n) is 2.76. The van der Waals surface area contributed by atoms with Crippen molar-refractivity contribution in [3.05, 3.63) is 53.0 Å². The molecule has 1 aromatic carbocycles. The van der Waals surface area contributed by atoms with Crippen molar-refractivity contribution < 1.29 is 9.15 Å². The lowest BCUT2D eigenvalue weighted by atomic mass is 10.1. The summed E-state index contributed by atoms with van der Waals surface area (Å²) in [5.41, 5.74) is 7.37. The van der Waals surface area contributed by atoms with Crippen molar-refractivity contribution in [2.24, 2.45) is 0 Å². The van der Waals surface area contributed by atoms with Gasteiger partial charge in [-0.3, -0.25) is 4.98 Å². The van der Waals surface area contributed by atoms with Crippen LogP contribution in [-0.4, -0.2) is 4.98 Å². The van der Waals surface area contributed by atoms with Crippen LogP contribution in [-0.2, 0) is 6.61 Å². The Bertz CT molecular complexity index is 711. The fourth-order valence-corrected chi connectivity index (χ4v) is 2.18. The molecular formula is C14H11BrN2O2. The van der Waals surface area contributed by atoms with Gasteiger partial charge in [0.25, 0.3) is 0 Å². The van der Waals surface area contributed by atoms with E-state index < -0.39 is 0 Å². The number of aromatic nitrogens is 1. The predicted octanol–water partition coefficient (Wildman–Crippen LogP) is 3.75. The summed E-state index contributed by atoms with van der Waals surface area (Å²) in [6, 6.07) is 9.26. The Morgan fingerprint density at radius 2 is 2.21 bits per heavy atom. The smallest absolute Gasteiger partial charge is 0.146 e. The van der Waals surface area contributed by atoms with Crippen LogP contribution in [0.25, 0.3) is 10.9 Å². The number of benzene rings is 1. The molecule has 0 bridgehead atoms. The van der Waals surface area contributed by atoms with Gasteiger partial charge in [-0.15, -0.1) is 0 Å². The zero-order valence-electron chi connectivity index (χ0n) is 9.97. The van der Waals surface area contributed by atoms with E-state index in [-0.39, 0.29) is 0 Å². The van der Waals surface area contributed by atoms with E-state index in [4.69, 9.17) is 14.9 Å². The van der Waals surface area contributed by atoms with Crippen molar-refractivity contribution in [1.82, 2.24) is 4.98 Å². The third-order valence-corrected chi connectivity index (χ3v) is 3.20. The van der Waals surface area contributed by atoms with Gasteiger partial charge in [-0.05, 0) is 46.3 Å². The number of hydrogen-bond donors (Lipinski definition) is 1. The number of nitrogen functional groups attached to an aromatic ring is 1. The summed E-state index contributed by atoms with van der Waals surface area (Å²) in [5, 5.41) is 0.867. The van der Waals surface area contributed by atoms with Crippen molar-refractivity contribution in [1.29, 1.82) is 0 Å². The van der Waals surface area contributed by atoms with Crippen molar-refractivity contribution in [2.45, 2.75) is 6.61 Å². The fraction of sp³-hybridized carbons (Fsp3) is 0.0714. The Labute approximate surface area is 118 Å². The summed E-state index contributed by atoms with van der Waals surface area (Å²) < 4.78 is 11.8. The summed E-state index contributed by atoms with van der Waals surface area (Å²) in [4.78, 5) is 4.36. The second-order valence-corrected chi connectivity index (χ2v) is 4.99. The molecule has 0 saturated heterocycles. The van der Waals surface area contributed by atoms with Crippen LogP contribution in [0.4, 0.5) is 5.69 Å². The second kappa shape index (κ2) is 4.93. The number of ether oxygens (including phenoxy) is 1. The maximum atomic E-state index is 5.95. The molecule has 0 amide bonds. The van der Waals surface area contributed by atoms with Gasteiger partial charge in [-0.25, -0.2) is 0 Å². The lowest BCUT2D eigenvalue weighted by molar-refractivity contribution is 0.273. The lowest BCUT2D eigenvalue weighted by Crippen LogP contribution is -1.97. The van der Waals surface area contributed by atoms with Crippen LogP contribution in [0.3, 0.4) is 0 Å². The van der Waals surface area contributed by atoms with Crippen LogP contribution in [0, 0.1) is 0 Å². The van der Waals surface area contributed by atoms with Gasteiger partial charge in [-0.1, -0.05) is 0 Å². The van der Waals surface area contributed by atoms with Crippen molar-refractivity contribution in [3.8, 4) is 5.75 Å². The molecule has 2 aromatic heterocycles. The van der Waals surface area contributed by atoms with E-state index in [1.807, 2.05) is 30.3 Å². The summed E-state index contributed by atoms with van der Waals surface area (Å²) in [7, 11) is 0. The first-order valence-electron chi connectivity index (χ1n) is 5.73. The van der Waals surface area contributed by atoms with Crippen molar-refractivity contribution in [3.63, 3.8) is 0 Å². The second-order valence-electron chi connectivity index (χ2n) is 4.07. The van der Waals surface area contributed by atoms with E-state index in [0.29, 0.717) is 18.0 Å². The number of fused-ring (bicyclic) bond motifs is 1. The van der Waals surface area contributed by atoms with Gasteiger partial charge < -0.3 is 14.9 Å². The largest absolute Gasteiger partial charge is 0.483 e. The number of halogens is 1. The first-order chi connectivity index (χ1) is 9.24. The summed E-state index contributed by atoms with van der Waals surface area (Å²) >= 11 is 3.39. The minimum atomic E-state index is 0.365. The van der Waals surface area contributed by atoms with Gasteiger partial charge in [-0.2, -0.15) is 0 Å². The molecule has 0 fully saturated rings. The lowest BCUT2D eigenvalue weighted by Gasteiger charge is -2.09. The molecule has 0 unspecified atom stereocenters. The molecule has 0 spiro atoms. The monoisotopic (exact) mass is 318 g/mol. The maximum Gasteiger partial charge on any atom is 0.146 e. The first kappa shape index (κ1) is 12.0. The van der Waals surface area contributed by atoms with Crippen molar-refractivity contribution >= 4 is 32.5 Å². The summed E-state index contributed by atoms with van der Waals surface area (Å²) in [6.07, 6.45) is 3.34. The Morgan fingerprint density at radius 3 is 3.00 bits per heavy atom. The van der Waals surface area contributed by atoms with Gasteiger partial charge in [0.05, 0.1) is 6.26 Å². The molecule has 3 aromatic rings. The van der Waals surface area contributed by atoms with Crippen LogP contribution < -0.4 is 10.5 Å². The molecule has 0 atom stereocenters. The number of nitrogens with zero attached hydrogens (tertiary/aromatic N) is 1. The molecule has 19 heavy (non-hydrogen) atoms. The highest BCUT2D eigenvalue weighted by atomic mass is 79.9. The molecule has 3 rings (SSSR count). The van der Waals surface area contributed by atoms with Crippen LogP contribution in [0.15, 0.2) is 51.7 Å². The first-order valence-corrected chi connectivity index (χ1v) is 6.52. The molecule has 4 nitrogen and oxygen atoms in total.